The molecule has 2 aromatic rings. The minimum atomic E-state index is -0.723. The lowest BCUT2D eigenvalue weighted by Crippen LogP contribution is -2.00. The molecule has 0 spiro atoms. The van der Waals surface area contributed by atoms with Crippen molar-refractivity contribution in [3.63, 3.8) is 0 Å². The molecule has 0 radical (unpaired) electrons. The Morgan fingerprint density at radius 3 is 2.35 bits per heavy atom. The Balaban J connectivity index is 1.67. The molecular weight excluding hydrogens is 262 g/mol. The molecule has 1 fully saturated rings. The second kappa shape index (κ2) is 5.45. The molecule has 1 saturated carbocycles. The number of anilines is 2. The summed E-state index contributed by atoms with van der Waals surface area (Å²) >= 11 is 0. The minimum absolute atomic E-state index is 0.202. The highest BCUT2D eigenvalue weighted by atomic mass is 19.1. The van der Waals surface area contributed by atoms with Crippen LogP contribution in [0.5, 0.6) is 5.75 Å². The molecule has 1 N–H and O–H groups in total. The SMILES string of the molecule is Fc1cncc(F)c1Nc1ccc(OCC2CC2)cc1. The van der Waals surface area contributed by atoms with Crippen LogP contribution in [-0.4, -0.2) is 11.6 Å². The smallest absolute Gasteiger partial charge is 0.167 e. The van der Waals surface area contributed by atoms with Gasteiger partial charge in [-0.15, -0.1) is 0 Å². The first-order valence-corrected chi connectivity index (χ1v) is 6.51. The first-order valence-electron chi connectivity index (χ1n) is 6.51. The summed E-state index contributed by atoms with van der Waals surface area (Å²) in [6, 6.07) is 7.01. The van der Waals surface area contributed by atoms with Gasteiger partial charge < -0.3 is 10.1 Å². The molecule has 0 atom stereocenters. The molecule has 1 aliphatic carbocycles. The van der Waals surface area contributed by atoms with Gasteiger partial charge in [0, 0.05) is 5.69 Å². The third kappa shape index (κ3) is 3.04. The molecule has 0 amide bonds. The number of hydrogen-bond acceptors (Lipinski definition) is 3. The van der Waals surface area contributed by atoms with Crippen LogP contribution in [-0.2, 0) is 0 Å². The largest absolute Gasteiger partial charge is 0.493 e. The van der Waals surface area contributed by atoms with Crippen LogP contribution in [0.2, 0.25) is 0 Å². The predicted octanol–water partition coefficient (Wildman–Crippen LogP) is 3.89. The van der Waals surface area contributed by atoms with E-state index in [1.54, 1.807) is 24.3 Å². The van der Waals surface area contributed by atoms with Gasteiger partial charge in [0.15, 0.2) is 11.6 Å². The van der Waals surface area contributed by atoms with Crippen LogP contribution in [0.15, 0.2) is 36.7 Å². The van der Waals surface area contributed by atoms with Crippen LogP contribution in [0, 0.1) is 17.6 Å². The van der Waals surface area contributed by atoms with Crippen molar-refractivity contribution in [2.75, 3.05) is 11.9 Å². The Bertz CT molecular complexity index is 577. The summed E-state index contributed by atoms with van der Waals surface area (Å²) in [7, 11) is 0. The van der Waals surface area contributed by atoms with Crippen LogP contribution < -0.4 is 10.1 Å². The molecule has 0 aliphatic heterocycles. The van der Waals surface area contributed by atoms with Crippen molar-refractivity contribution < 1.29 is 13.5 Å². The fourth-order valence-corrected chi connectivity index (χ4v) is 1.81. The molecule has 0 unspecified atom stereocenters. The topological polar surface area (TPSA) is 34.2 Å². The second-order valence-corrected chi connectivity index (χ2v) is 4.88. The van der Waals surface area contributed by atoms with E-state index in [0.717, 1.165) is 24.8 Å². The fraction of sp³-hybridized carbons (Fsp3) is 0.267. The molecule has 104 valence electrons. The first kappa shape index (κ1) is 12.8. The summed E-state index contributed by atoms with van der Waals surface area (Å²) in [6.45, 7) is 0.736. The van der Waals surface area contributed by atoms with Crippen LogP contribution in [0.25, 0.3) is 0 Å². The summed E-state index contributed by atoms with van der Waals surface area (Å²) in [4.78, 5) is 3.44. The number of pyridine rings is 1. The minimum Gasteiger partial charge on any atom is -0.493 e. The molecule has 0 bridgehead atoms. The predicted molar refractivity (Wildman–Crippen MR) is 72.1 cm³/mol. The average molecular weight is 276 g/mol. The van der Waals surface area contributed by atoms with E-state index in [0.29, 0.717) is 11.6 Å². The molecule has 1 aliphatic rings. The Labute approximate surface area is 115 Å². The molecule has 3 nitrogen and oxygen atoms in total. The van der Waals surface area contributed by atoms with Gasteiger partial charge in [-0.1, -0.05) is 0 Å². The third-order valence-electron chi connectivity index (χ3n) is 3.16. The third-order valence-corrected chi connectivity index (χ3v) is 3.16. The summed E-state index contributed by atoms with van der Waals surface area (Å²) in [5.41, 5.74) is 0.388. The van der Waals surface area contributed by atoms with E-state index in [2.05, 4.69) is 10.3 Å². The Morgan fingerprint density at radius 1 is 1.10 bits per heavy atom. The lowest BCUT2D eigenvalue weighted by Gasteiger charge is -2.09. The Hall–Kier alpha value is -2.17. The molecule has 1 heterocycles. The highest BCUT2D eigenvalue weighted by Gasteiger charge is 2.21. The van der Waals surface area contributed by atoms with E-state index in [9.17, 15) is 8.78 Å². The normalized spacial score (nSPS) is 14.1. The van der Waals surface area contributed by atoms with Crippen molar-refractivity contribution in [2.24, 2.45) is 5.92 Å². The number of halogens is 2. The van der Waals surface area contributed by atoms with Gasteiger partial charge in [0.1, 0.15) is 11.4 Å². The number of aromatic nitrogens is 1. The maximum atomic E-state index is 13.4. The average Bonchev–Trinajstić information content (AvgIpc) is 3.26. The zero-order valence-corrected chi connectivity index (χ0v) is 10.8. The van der Waals surface area contributed by atoms with Crippen molar-refractivity contribution >= 4 is 11.4 Å². The van der Waals surface area contributed by atoms with Crippen molar-refractivity contribution in [1.82, 2.24) is 4.98 Å². The van der Waals surface area contributed by atoms with Crippen LogP contribution in [0.4, 0.5) is 20.2 Å². The maximum Gasteiger partial charge on any atom is 0.167 e. The van der Waals surface area contributed by atoms with Crippen LogP contribution in [0.1, 0.15) is 12.8 Å². The van der Waals surface area contributed by atoms with E-state index < -0.39 is 11.6 Å². The van der Waals surface area contributed by atoms with E-state index in [4.69, 9.17) is 4.74 Å². The monoisotopic (exact) mass is 276 g/mol. The van der Waals surface area contributed by atoms with Gasteiger partial charge in [-0.25, -0.2) is 8.78 Å². The fourth-order valence-electron chi connectivity index (χ4n) is 1.81. The number of nitrogens with one attached hydrogen (secondary N) is 1. The number of hydrogen-bond donors (Lipinski definition) is 1. The first-order chi connectivity index (χ1) is 9.72. The molecule has 1 aromatic heterocycles. The van der Waals surface area contributed by atoms with Gasteiger partial charge in [-0.2, -0.15) is 0 Å². The lowest BCUT2D eigenvalue weighted by molar-refractivity contribution is 0.300. The number of benzene rings is 1. The van der Waals surface area contributed by atoms with Gasteiger partial charge in [0.2, 0.25) is 0 Å². The van der Waals surface area contributed by atoms with Crippen molar-refractivity contribution in [3.05, 3.63) is 48.3 Å². The van der Waals surface area contributed by atoms with Crippen molar-refractivity contribution in [2.45, 2.75) is 12.8 Å². The molecule has 1 aromatic carbocycles. The van der Waals surface area contributed by atoms with E-state index in [-0.39, 0.29) is 5.69 Å². The quantitative estimate of drug-likeness (QED) is 0.899. The van der Waals surface area contributed by atoms with Crippen LogP contribution in [0.3, 0.4) is 0 Å². The highest BCUT2D eigenvalue weighted by Crippen LogP contribution is 2.30. The summed E-state index contributed by atoms with van der Waals surface area (Å²) in [5, 5.41) is 2.70. The summed E-state index contributed by atoms with van der Waals surface area (Å²) < 4.78 is 32.5. The number of ether oxygens (including phenoxy) is 1. The Morgan fingerprint density at radius 2 is 1.75 bits per heavy atom. The van der Waals surface area contributed by atoms with E-state index in [1.807, 2.05) is 0 Å². The summed E-state index contributed by atoms with van der Waals surface area (Å²) in [5.74, 6) is 0.00375. The molecule has 0 saturated heterocycles. The van der Waals surface area contributed by atoms with Gasteiger partial charge in [0.25, 0.3) is 0 Å². The molecule has 5 heteroatoms. The zero-order valence-electron chi connectivity index (χ0n) is 10.8. The second-order valence-electron chi connectivity index (χ2n) is 4.88. The molecule has 20 heavy (non-hydrogen) atoms. The standard InChI is InChI=1S/C15H14F2N2O/c16-13-7-18-8-14(17)15(13)19-11-3-5-12(6-4-11)20-9-10-1-2-10/h3-8,10H,1-2,9H2,(H,18,19). The Kier molecular flexibility index (Phi) is 3.50. The van der Waals surface area contributed by atoms with Crippen molar-refractivity contribution in [3.8, 4) is 5.75 Å². The van der Waals surface area contributed by atoms with Gasteiger partial charge in [0.05, 0.1) is 19.0 Å². The van der Waals surface area contributed by atoms with Crippen molar-refractivity contribution in [1.29, 1.82) is 0 Å². The lowest BCUT2D eigenvalue weighted by atomic mass is 10.2. The molecular formula is C15H14F2N2O. The van der Waals surface area contributed by atoms with Gasteiger partial charge in [-0.3, -0.25) is 4.98 Å². The zero-order chi connectivity index (χ0) is 13.9. The molecule has 3 rings (SSSR count). The number of nitrogens with zero attached hydrogens (tertiary/aromatic N) is 1. The maximum absolute atomic E-state index is 13.4. The van der Waals surface area contributed by atoms with E-state index in [1.165, 1.54) is 12.8 Å². The summed E-state index contributed by atoms with van der Waals surface area (Å²) in [6.07, 6.45) is 4.41. The van der Waals surface area contributed by atoms with Gasteiger partial charge >= 0.3 is 0 Å². The van der Waals surface area contributed by atoms with Gasteiger partial charge in [-0.05, 0) is 43.0 Å². The van der Waals surface area contributed by atoms with Crippen LogP contribution >= 0.6 is 0 Å². The van der Waals surface area contributed by atoms with E-state index >= 15 is 0 Å². The number of rotatable bonds is 5. The highest BCUT2D eigenvalue weighted by molar-refractivity contribution is 5.60.